The fraction of sp³-hybridized carbons (Fsp3) is 0.636. The number of Topliss-reactive ketones (excluding diaryl/α,β-unsaturated/α-hetero) is 1. The second-order valence-corrected chi connectivity index (χ2v) is 5.35. The quantitative estimate of drug-likeness (QED) is 0.618. The van der Waals surface area contributed by atoms with Crippen molar-refractivity contribution < 1.29 is 4.79 Å². The number of halogens is 1. The standard InChI is InChI=1S/C11H15ClN2OS/c1-8-2-4-14(5-3-8)11-13-9(7-16-11)10(15)6-12/h7-8H,2-6H2,1H3. The van der Waals surface area contributed by atoms with Crippen molar-refractivity contribution in [3.05, 3.63) is 11.1 Å². The van der Waals surface area contributed by atoms with E-state index < -0.39 is 0 Å². The van der Waals surface area contributed by atoms with E-state index in [0.717, 1.165) is 24.1 Å². The molecule has 0 radical (unpaired) electrons. The highest BCUT2D eigenvalue weighted by Gasteiger charge is 2.19. The number of anilines is 1. The molecule has 0 saturated carbocycles. The van der Waals surface area contributed by atoms with Gasteiger partial charge in [-0.2, -0.15) is 0 Å². The van der Waals surface area contributed by atoms with Crippen LogP contribution in [0.2, 0.25) is 0 Å². The van der Waals surface area contributed by atoms with E-state index in [9.17, 15) is 4.79 Å². The highest BCUT2D eigenvalue weighted by Crippen LogP contribution is 2.26. The fourth-order valence-electron chi connectivity index (χ4n) is 1.81. The molecule has 0 amide bonds. The van der Waals surface area contributed by atoms with Crippen LogP contribution in [0.15, 0.2) is 5.38 Å². The fourth-order valence-corrected chi connectivity index (χ4v) is 2.83. The topological polar surface area (TPSA) is 33.2 Å². The summed E-state index contributed by atoms with van der Waals surface area (Å²) in [6.07, 6.45) is 2.41. The van der Waals surface area contributed by atoms with Gasteiger partial charge in [-0.25, -0.2) is 4.98 Å². The van der Waals surface area contributed by atoms with Crippen molar-refractivity contribution in [2.45, 2.75) is 19.8 Å². The molecule has 0 unspecified atom stereocenters. The number of aromatic nitrogens is 1. The molecule has 88 valence electrons. The van der Waals surface area contributed by atoms with Crippen LogP contribution in [0.5, 0.6) is 0 Å². The van der Waals surface area contributed by atoms with Gasteiger partial charge in [-0.1, -0.05) is 6.92 Å². The minimum absolute atomic E-state index is 0.0141. The van der Waals surface area contributed by atoms with Crippen LogP contribution in [0.3, 0.4) is 0 Å². The minimum Gasteiger partial charge on any atom is -0.348 e. The molecular weight excluding hydrogens is 244 g/mol. The first kappa shape index (κ1) is 11.9. The van der Waals surface area contributed by atoms with Crippen molar-refractivity contribution in [2.24, 2.45) is 5.92 Å². The van der Waals surface area contributed by atoms with Gasteiger partial charge >= 0.3 is 0 Å². The van der Waals surface area contributed by atoms with Gasteiger partial charge in [-0.15, -0.1) is 22.9 Å². The van der Waals surface area contributed by atoms with Crippen LogP contribution in [0, 0.1) is 5.92 Å². The number of hydrogen-bond acceptors (Lipinski definition) is 4. The Morgan fingerprint density at radius 1 is 1.62 bits per heavy atom. The lowest BCUT2D eigenvalue weighted by atomic mass is 10.00. The van der Waals surface area contributed by atoms with Crippen molar-refractivity contribution in [1.29, 1.82) is 0 Å². The number of alkyl halides is 1. The van der Waals surface area contributed by atoms with Gasteiger partial charge < -0.3 is 4.90 Å². The lowest BCUT2D eigenvalue weighted by molar-refractivity contribution is 0.101. The maximum atomic E-state index is 11.4. The minimum atomic E-state index is -0.0884. The second-order valence-electron chi connectivity index (χ2n) is 4.24. The third-order valence-electron chi connectivity index (χ3n) is 2.95. The molecule has 0 spiro atoms. The Labute approximate surface area is 104 Å². The zero-order valence-corrected chi connectivity index (χ0v) is 10.9. The number of thiazole rings is 1. The molecule has 0 bridgehead atoms. The van der Waals surface area contributed by atoms with Crippen molar-refractivity contribution in [2.75, 3.05) is 23.9 Å². The van der Waals surface area contributed by atoms with E-state index >= 15 is 0 Å². The zero-order valence-electron chi connectivity index (χ0n) is 9.28. The Bertz CT molecular complexity index is 372. The molecule has 1 aromatic heterocycles. The van der Waals surface area contributed by atoms with Crippen LogP contribution in [0.25, 0.3) is 0 Å². The number of rotatable bonds is 3. The van der Waals surface area contributed by atoms with Crippen LogP contribution in [0.4, 0.5) is 5.13 Å². The third kappa shape index (κ3) is 2.55. The van der Waals surface area contributed by atoms with Gasteiger partial charge in [-0.3, -0.25) is 4.79 Å². The summed E-state index contributed by atoms with van der Waals surface area (Å²) in [6.45, 7) is 4.37. The maximum absolute atomic E-state index is 11.4. The smallest absolute Gasteiger partial charge is 0.196 e. The van der Waals surface area contributed by atoms with Gasteiger partial charge in [0, 0.05) is 18.5 Å². The molecule has 0 N–H and O–H groups in total. The van der Waals surface area contributed by atoms with Crippen molar-refractivity contribution >= 4 is 33.9 Å². The number of carbonyl (C=O) groups excluding carboxylic acids is 1. The van der Waals surface area contributed by atoms with Gasteiger partial charge in [0.1, 0.15) is 5.69 Å². The highest BCUT2D eigenvalue weighted by molar-refractivity contribution is 7.14. The Hall–Kier alpha value is -0.610. The monoisotopic (exact) mass is 258 g/mol. The van der Waals surface area contributed by atoms with E-state index in [2.05, 4.69) is 16.8 Å². The van der Waals surface area contributed by atoms with Crippen LogP contribution in [-0.2, 0) is 0 Å². The Balaban J connectivity index is 2.04. The zero-order chi connectivity index (χ0) is 11.5. The molecule has 1 aromatic rings. The van der Waals surface area contributed by atoms with Gasteiger partial charge in [0.25, 0.3) is 0 Å². The van der Waals surface area contributed by atoms with E-state index in [1.54, 1.807) is 5.38 Å². The first-order valence-corrected chi connectivity index (χ1v) is 6.91. The molecule has 3 nitrogen and oxygen atoms in total. The summed E-state index contributed by atoms with van der Waals surface area (Å²) >= 11 is 7.04. The van der Waals surface area contributed by atoms with E-state index in [-0.39, 0.29) is 11.7 Å². The number of piperidine rings is 1. The lowest BCUT2D eigenvalue weighted by Gasteiger charge is -2.29. The molecule has 0 atom stereocenters. The number of ketones is 1. The summed E-state index contributed by atoms with van der Waals surface area (Å²) in [5.74, 6) is 0.731. The summed E-state index contributed by atoms with van der Waals surface area (Å²) in [7, 11) is 0. The van der Waals surface area contributed by atoms with Gasteiger partial charge in [-0.05, 0) is 18.8 Å². The first-order chi connectivity index (χ1) is 7.70. The molecule has 2 heterocycles. The molecule has 2 rings (SSSR count). The van der Waals surface area contributed by atoms with Crippen LogP contribution < -0.4 is 4.90 Å². The summed E-state index contributed by atoms with van der Waals surface area (Å²) < 4.78 is 0. The molecule has 0 aliphatic carbocycles. The van der Waals surface area contributed by atoms with Crippen molar-refractivity contribution in [3.63, 3.8) is 0 Å². The number of carbonyl (C=O) groups is 1. The Kier molecular flexibility index (Phi) is 3.82. The molecular formula is C11H15ClN2OS. The molecule has 1 aliphatic rings. The molecule has 1 aliphatic heterocycles. The van der Waals surface area contributed by atoms with Crippen LogP contribution >= 0.6 is 22.9 Å². The van der Waals surface area contributed by atoms with Crippen molar-refractivity contribution in [1.82, 2.24) is 4.98 Å². The third-order valence-corrected chi connectivity index (χ3v) is 4.10. The second kappa shape index (κ2) is 5.15. The lowest BCUT2D eigenvalue weighted by Crippen LogP contribution is -2.32. The predicted octanol–water partition coefficient (Wildman–Crippen LogP) is 2.80. The Morgan fingerprint density at radius 3 is 2.94 bits per heavy atom. The van der Waals surface area contributed by atoms with Gasteiger partial charge in [0.15, 0.2) is 10.9 Å². The van der Waals surface area contributed by atoms with E-state index in [4.69, 9.17) is 11.6 Å². The predicted molar refractivity (Wildman–Crippen MR) is 67.8 cm³/mol. The van der Waals surface area contributed by atoms with E-state index in [1.165, 1.54) is 24.2 Å². The van der Waals surface area contributed by atoms with E-state index in [0.29, 0.717) is 5.69 Å². The average molecular weight is 259 g/mol. The summed E-state index contributed by atoms with van der Waals surface area (Å²) in [6, 6.07) is 0. The number of nitrogens with zero attached hydrogens (tertiary/aromatic N) is 2. The van der Waals surface area contributed by atoms with Crippen LogP contribution in [0.1, 0.15) is 30.3 Å². The first-order valence-electron chi connectivity index (χ1n) is 5.50. The number of hydrogen-bond donors (Lipinski definition) is 0. The van der Waals surface area contributed by atoms with Gasteiger partial charge in [0.2, 0.25) is 0 Å². The SMILES string of the molecule is CC1CCN(c2nc(C(=O)CCl)cs2)CC1. The van der Waals surface area contributed by atoms with Crippen molar-refractivity contribution in [3.8, 4) is 0 Å². The molecule has 1 fully saturated rings. The van der Waals surface area contributed by atoms with Gasteiger partial charge in [0.05, 0.1) is 5.88 Å². The molecule has 1 saturated heterocycles. The normalized spacial score (nSPS) is 17.8. The Morgan fingerprint density at radius 2 is 2.31 bits per heavy atom. The molecule has 0 aromatic carbocycles. The van der Waals surface area contributed by atoms with E-state index in [1.807, 2.05) is 0 Å². The maximum Gasteiger partial charge on any atom is 0.196 e. The molecule has 5 heteroatoms. The van der Waals surface area contributed by atoms with Crippen LogP contribution in [-0.4, -0.2) is 29.7 Å². The summed E-state index contributed by atoms with van der Waals surface area (Å²) in [4.78, 5) is 18.0. The highest BCUT2D eigenvalue weighted by atomic mass is 35.5. The molecule has 16 heavy (non-hydrogen) atoms. The summed E-state index contributed by atoms with van der Waals surface area (Å²) in [5, 5.41) is 2.76. The average Bonchev–Trinajstić information content (AvgIpc) is 2.78. The summed E-state index contributed by atoms with van der Waals surface area (Å²) in [5.41, 5.74) is 0.508. The largest absolute Gasteiger partial charge is 0.348 e.